The summed E-state index contributed by atoms with van der Waals surface area (Å²) in [5, 5.41) is 12.4. The van der Waals surface area contributed by atoms with Crippen LogP contribution in [-0.2, 0) is 4.79 Å². The Balaban J connectivity index is 1.68. The van der Waals surface area contributed by atoms with E-state index in [9.17, 15) is 9.59 Å². The standard InChI is InChI=1S/C17H19N5O2S/c1-10(2)22-15-12(8-19-22)7-13(9-18-15)21-16(23)11(3)20-17(24)14-5-4-6-25-14/h4-11H,1-3H3,(H,20,24)(H,21,23). The molecule has 0 bridgehead atoms. The predicted octanol–water partition coefficient (Wildman–Crippen LogP) is 2.83. The number of pyridine rings is 1. The van der Waals surface area contributed by atoms with Crippen molar-refractivity contribution in [3.63, 3.8) is 0 Å². The third-order valence-corrected chi connectivity index (χ3v) is 4.54. The number of thiophene rings is 1. The molecule has 3 heterocycles. The van der Waals surface area contributed by atoms with Crippen LogP contribution in [0.1, 0.15) is 36.5 Å². The van der Waals surface area contributed by atoms with Crippen molar-refractivity contribution in [1.29, 1.82) is 0 Å². The molecule has 0 radical (unpaired) electrons. The lowest BCUT2D eigenvalue weighted by Gasteiger charge is -2.13. The number of fused-ring (bicyclic) bond motifs is 1. The van der Waals surface area contributed by atoms with E-state index in [-0.39, 0.29) is 17.9 Å². The van der Waals surface area contributed by atoms with Gasteiger partial charge in [0.15, 0.2) is 5.65 Å². The molecule has 3 rings (SSSR count). The zero-order valence-corrected chi connectivity index (χ0v) is 15.0. The number of carbonyl (C=O) groups is 2. The number of anilines is 1. The van der Waals surface area contributed by atoms with Crippen LogP contribution >= 0.6 is 11.3 Å². The fraction of sp³-hybridized carbons (Fsp3) is 0.294. The number of amides is 2. The van der Waals surface area contributed by atoms with Crippen LogP contribution in [0.2, 0.25) is 0 Å². The predicted molar refractivity (Wildman–Crippen MR) is 97.8 cm³/mol. The van der Waals surface area contributed by atoms with Crippen LogP contribution in [0.3, 0.4) is 0 Å². The molecule has 0 aliphatic heterocycles. The molecule has 8 heteroatoms. The van der Waals surface area contributed by atoms with Gasteiger partial charge in [0.05, 0.1) is 23.0 Å². The second-order valence-corrected chi connectivity index (χ2v) is 6.93. The number of hydrogen-bond acceptors (Lipinski definition) is 5. The number of carbonyl (C=O) groups excluding carboxylic acids is 2. The van der Waals surface area contributed by atoms with Crippen molar-refractivity contribution in [3.8, 4) is 0 Å². The summed E-state index contributed by atoms with van der Waals surface area (Å²) in [6.45, 7) is 5.70. The summed E-state index contributed by atoms with van der Waals surface area (Å²) in [6, 6.07) is 4.87. The summed E-state index contributed by atoms with van der Waals surface area (Å²) in [6.07, 6.45) is 3.31. The zero-order chi connectivity index (χ0) is 18.0. The first-order valence-electron chi connectivity index (χ1n) is 7.94. The SMILES string of the molecule is CC(NC(=O)c1cccs1)C(=O)Nc1cnc2c(cnn2C(C)C)c1. The molecule has 2 amide bonds. The van der Waals surface area contributed by atoms with Gasteiger partial charge in [0.1, 0.15) is 6.04 Å². The Morgan fingerprint density at radius 2 is 2.04 bits per heavy atom. The Kier molecular flexibility index (Phi) is 4.80. The second kappa shape index (κ2) is 7.02. The third kappa shape index (κ3) is 3.69. The first kappa shape index (κ1) is 17.1. The van der Waals surface area contributed by atoms with Gasteiger partial charge in [-0.25, -0.2) is 9.67 Å². The number of nitrogens with one attached hydrogen (secondary N) is 2. The maximum atomic E-state index is 12.3. The molecule has 3 aromatic rings. The molecule has 0 aromatic carbocycles. The fourth-order valence-corrected chi connectivity index (χ4v) is 3.00. The van der Waals surface area contributed by atoms with Crippen molar-refractivity contribution >= 4 is 39.9 Å². The maximum Gasteiger partial charge on any atom is 0.261 e. The first-order chi connectivity index (χ1) is 12.0. The summed E-state index contributed by atoms with van der Waals surface area (Å²) in [7, 11) is 0. The Labute approximate surface area is 149 Å². The minimum Gasteiger partial charge on any atom is -0.340 e. The van der Waals surface area contributed by atoms with Crippen LogP contribution in [0, 0.1) is 0 Å². The Bertz CT molecular complexity index is 901. The molecule has 0 fully saturated rings. The average molecular weight is 357 g/mol. The van der Waals surface area contributed by atoms with Crippen molar-refractivity contribution in [2.24, 2.45) is 0 Å². The van der Waals surface area contributed by atoms with Crippen LogP contribution in [-0.4, -0.2) is 32.6 Å². The minimum absolute atomic E-state index is 0.206. The van der Waals surface area contributed by atoms with Gasteiger partial charge in [-0.05, 0) is 38.3 Å². The Hall–Kier alpha value is -2.74. The fourth-order valence-electron chi connectivity index (χ4n) is 2.38. The van der Waals surface area contributed by atoms with E-state index in [1.807, 2.05) is 30.0 Å². The number of nitrogens with zero attached hydrogens (tertiary/aromatic N) is 3. The highest BCUT2D eigenvalue weighted by Gasteiger charge is 2.18. The van der Waals surface area contributed by atoms with E-state index in [1.54, 1.807) is 31.5 Å². The van der Waals surface area contributed by atoms with Crippen molar-refractivity contribution < 1.29 is 9.59 Å². The molecule has 130 valence electrons. The van der Waals surface area contributed by atoms with Gasteiger partial charge in [-0.3, -0.25) is 9.59 Å². The smallest absolute Gasteiger partial charge is 0.261 e. The van der Waals surface area contributed by atoms with E-state index in [0.29, 0.717) is 10.6 Å². The van der Waals surface area contributed by atoms with Crippen LogP contribution in [0.25, 0.3) is 11.0 Å². The molecular formula is C17H19N5O2S. The Morgan fingerprint density at radius 1 is 1.24 bits per heavy atom. The molecule has 0 aliphatic carbocycles. The number of rotatable bonds is 5. The van der Waals surface area contributed by atoms with E-state index in [2.05, 4.69) is 20.7 Å². The summed E-state index contributed by atoms with van der Waals surface area (Å²) in [4.78, 5) is 29.3. The zero-order valence-electron chi connectivity index (χ0n) is 14.2. The quantitative estimate of drug-likeness (QED) is 0.735. The van der Waals surface area contributed by atoms with Crippen molar-refractivity contribution in [2.75, 3.05) is 5.32 Å². The third-order valence-electron chi connectivity index (χ3n) is 3.68. The van der Waals surface area contributed by atoms with Gasteiger partial charge in [0.2, 0.25) is 5.91 Å². The molecule has 0 saturated heterocycles. The number of hydrogen-bond donors (Lipinski definition) is 2. The maximum absolute atomic E-state index is 12.3. The molecule has 25 heavy (non-hydrogen) atoms. The lowest BCUT2D eigenvalue weighted by molar-refractivity contribution is -0.117. The van der Waals surface area contributed by atoms with E-state index >= 15 is 0 Å². The lowest BCUT2D eigenvalue weighted by Crippen LogP contribution is -2.41. The monoisotopic (exact) mass is 357 g/mol. The average Bonchev–Trinajstić information content (AvgIpc) is 3.23. The van der Waals surface area contributed by atoms with Gasteiger partial charge in [-0.1, -0.05) is 6.07 Å². The van der Waals surface area contributed by atoms with Crippen molar-refractivity contribution in [1.82, 2.24) is 20.1 Å². The summed E-state index contributed by atoms with van der Waals surface area (Å²) in [5.41, 5.74) is 1.34. The topological polar surface area (TPSA) is 88.9 Å². The van der Waals surface area contributed by atoms with Crippen LogP contribution < -0.4 is 10.6 Å². The molecule has 3 aromatic heterocycles. The first-order valence-corrected chi connectivity index (χ1v) is 8.82. The van der Waals surface area contributed by atoms with Gasteiger partial charge >= 0.3 is 0 Å². The van der Waals surface area contributed by atoms with E-state index in [0.717, 1.165) is 11.0 Å². The van der Waals surface area contributed by atoms with Gasteiger partial charge in [0, 0.05) is 11.4 Å². The molecule has 0 aliphatic rings. The molecule has 1 atom stereocenters. The molecule has 0 saturated carbocycles. The highest BCUT2D eigenvalue weighted by molar-refractivity contribution is 7.12. The highest BCUT2D eigenvalue weighted by Crippen LogP contribution is 2.19. The van der Waals surface area contributed by atoms with Crippen LogP contribution in [0.5, 0.6) is 0 Å². The van der Waals surface area contributed by atoms with Crippen molar-refractivity contribution in [3.05, 3.63) is 40.8 Å². The van der Waals surface area contributed by atoms with Crippen molar-refractivity contribution in [2.45, 2.75) is 32.9 Å². The van der Waals surface area contributed by atoms with E-state index in [1.165, 1.54) is 11.3 Å². The normalized spacial score (nSPS) is 12.3. The van der Waals surface area contributed by atoms with E-state index < -0.39 is 6.04 Å². The van der Waals surface area contributed by atoms with Gasteiger partial charge in [-0.15, -0.1) is 11.3 Å². The second-order valence-electron chi connectivity index (χ2n) is 5.98. The summed E-state index contributed by atoms with van der Waals surface area (Å²) >= 11 is 1.33. The largest absolute Gasteiger partial charge is 0.340 e. The molecule has 0 spiro atoms. The van der Waals surface area contributed by atoms with Crippen LogP contribution in [0.15, 0.2) is 36.0 Å². The number of aromatic nitrogens is 3. The summed E-state index contributed by atoms with van der Waals surface area (Å²) in [5.74, 6) is -0.563. The molecule has 7 nitrogen and oxygen atoms in total. The minimum atomic E-state index is -0.663. The Morgan fingerprint density at radius 3 is 2.72 bits per heavy atom. The molecule has 1 unspecified atom stereocenters. The van der Waals surface area contributed by atoms with E-state index in [4.69, 9.17) is 0 Å². The summed E-state index contributed by atoms with van der Waals surface area (Å²) < 4.78 is 1.82. The van der Waals surface area contributed by atoms with Gasteiger partial charge in [-0.2, -0.15) is 5.10 Å². The van der Waals surface area contributed by atoms with Gasteiger partial charge in [0.25, 0.3) is 5.91 Å². The lowest BCUT2D eigenvalue weighted by atomic mass is 10.2. The highest BCUT2D eigenvalue weighted by atomic mass is 32.1. The van der Waals surface area contributed by atoms with Crippen LogP contribution in [0.4, 0.5) is 5.69 Å². The molecule has 2 N–H and O–H groups in total. The molecular weight excluding hydrogens is 338 g/mol. The van der Waals surface area contributed by atoms with Gasteiger partial charge < -0.3 is 10.6 Å².